The minimum atomic E-state index is -0.832. The van der Waals surface area contributed by atoms with Crippen molar-refractivity contribution >= 4 is 17.6 Å². The molecule has 1 aromatic carbocycles. The van der Waals surface area contributed by atoms with Crippen molar-refractivity contribution in [3.8, 4) is 5.75 Å². The van der Waals surface area contributed by atoms with Crippen LogP contribution in [0.3, 0.4) is 0 Å². The first-order valence-corrected chi connectivity index (χ1v) is 5.12. The number of carbonyl (C=O) groups is 1. The largest absolute Gasteiger partial charge is 0.508 e. The summed E-state index contributed by atoms with van der Waals surface area (Å²) in [6, 6.07) is 4.85. The molecule has 0 aromatic heterocycles. The van der Waals surface area contributed by atoms with Gasteiger partial charge in [0.25, 0.3) is 0 Å². The van der Waals surface area contributed by atoms with Crippen LogP contribution >= 0.6 is 11.6 Å². The van der Waals surface area contributed by atoms with Crippen LogP contribution in [0.25, 0.3) is 0 Å². The highest BCUT2D eigenvalue weighted by Gasteiger charge is 2.47. The fraction of sp³-hybridized carbons (Fsp3) is 0.364. The van der Waals surface area contributed by atoms with Crippen LogP contribution in [0.4, 0.5) is 0 Å². The number of hydrogen-bond donors (Lipinski definition) is 2. The van der Waals surface area contributed by atoms with Crippen LogP contribution in [0, 0.1) is 0 Å². The van der Waals surface area contributed by atoms with Crippen LogP contribution in [0.5, 0.6) is 5.75 Å². The van der Waals surface area contributed by atoms with Gasteiger partial charge in [-0.2, -0.15) is 0 Å². The number of hydrogen-bond acceptors (Lipinski definition) is 2. The highest BCUT2D eigenvalue weighted by molar-refractivity contribution is 6.30. The molecule has 0 heterocycles. The highest BCUT2D eigenvalue weighted by atomic mass is 35.5. The standard InChI is InChI=1S/C11H11ClO3/c12-7-1-2-8(9(13)5-7)11(3-4-11)6-10(14)15/h1-2,5,13H,3-4,6H2,(H,14,15). The molecule has 80 valence electrons. The van der Waals surface area contributed by atoms with E-state index in [-0.39, 0.29) is 17.6 Å². The number of phenols is 1. The number of rotatable bonds is 3. The molecule has 3 nitrogen and oxygen atoms in total. The molecule has 0 aliphatic heterocycles. The molecule has 1 aromatic rings. The van der Waals surface area contributed by atoms with Crippen molar-refractivity contribution in [1.82, 2.24) is 0 Å². The summed E-state index contributed by atoms with van der Waals surface area (Å²) in [4.78, 5) is 10.7. The maximum absolute atomic E-state index is 10.7. The zero-order chi connectivity index (χ0) is 11.1. The van der Waals surface area contributed by atoms with E-state index in [1.54, 1.807) is 12.1 Å². The van der Waals surface area contributed by atoms with Gasteiger partial charge < -0.3 is 10.2 Å². The quantitative estimate of drug-likeness (QED) is 0.833. The van der Waals surface area contributed by atoms with Gasteiger partial charge in [-0.3, -0.25) is 4.79 Å². The third-order valence-electron chi connectivity index (χ3n) is 2.87. The van der Waals surface area contributed by atoms with Gasteiger partial charge in [0.1, 0.15) is 5.75 Å². The fourth-order valence-corrected chi connectivity index (χ4v) is 2.10. The normalized spacial score (nSPS) is 17.4. The van der Waals surface area contributed by atoms with E-state index >= 15 is 0 Å². The van der Waals surface area contributed by atoms with Crippen LogP contribution in [0.2, 0.25) is 5.02 Å². The van der Waals surface area contributed by atoms with E-state index < -0.39 is 5.97 Å². The lowest BCUT2D eigenvalue weighted by molar-refractivity contribution is -0.137. The van der Waals surface area contributed by atoms with E-state index in [2.05, 4.69) is 0 Å². The first kappa shape index (κ1) is 10.3. The third-order valence-corrected chi connectivity index (χ3v) is 3.11. The summed E-state index contributed by atoms with van der Waals surface area (Å²) in [7, 11) is 0. The Hall–Kier alpha value is -1.22. The summed E-state index contributed by atoms with van der Waals surface area (Å²) in [5, 5.41) is 19.0. The monoisotopic (exact) mass is 226 g/mol. The zero-order valence-corrected chi connectivity index (χ0v) is 8.79. The molecule has 0 radical (unpaired) electrons. The molecule has 2 rings (SSSR count). The lowest BCUT2D eigenvalue weighted by Crippen LogP contribution is -2.12. The van der Waals surface area contributed by atoms with E-state index in [0.29, 0.717) is 10.6 Å². The van der Waals surface area contributed by atoms with Gasteiger partial charge in [-0.15, -0.1) is 0 Å². The number of halogens is 1. The molecule has 4 heteroatoms. The molecule has 0 saturated heterocycles. The summed E-state index contributed by atoms with van der Waals surface area (Å²) < 4.78 is 0. The second-order valence-corrected chi connectivity index (χ2v) is 4.45. The second-order valence-electron chi connectivity index (χ2n) is 4.01. The Morgan fingerprint density at radius 2 is 2.13 bits per heavy atom. The third kappa shape index (κ3) is 1.92. The van der Waals surface area contributed by atoms with Crippen molar-refractivity contribution in [2.75, 3.05) is 0 Å². The van der Waals surface area contributed by atoms with Crippen molar-refractivity contribution < 1.29 is 15.0 Å². The lowest BCUT2D eigenvalue weighted by atomic mass is 9.92. The maximum Gasteiger partial charge on any atom is 0.304 e. The molecule has 1 saturated carbocycles. The van der Waals surface area contributed by atoms with E-state index in [0.717, 1.165) is 12.8 Å². The topological polar surface area (TPSA) is 57.5 Å². The number of carboxylic acids is 1. The van der Waals surface area contributed by atoms with E-state index in [9.17, 15) is 9.90 Å². The molecule has 0 atom stereocenters. The molecule has 2 N–H and O–H groups in total. The lowest BCUT2D eigenvalue weighted by Gasteiger charge is -2.14. The molecule has 1 aliphatic carbocycles. The minimum absolute atomic E-state index is 0.0716. The van der Waals surface area contributed by atoms with Gasteiger partial charge in [0.15, 0.2) is 0 Å². The first-order chi connectivity index (χ1) is 7.03. The van der Waals surface area contributed by atoms with Gasteiger partial charge in [0.2, 0.25) is 0 Å². The summed E-state index contributed by atoms with van der Waals surface area (Å²) >= 11 is 5.72. The molecular formula is C11H11ClO3. The molecular weight excluding hydrogens is 216 g/mol. The summed E-state index contributed by atoms with van der Waals surface area (Å²) in [6.07, 6.45) is 1.70. The Balaban J connectivity index is 2.33. The molecule has 1 fully saturated rings. The summed E-state index contributed by atoms with van der Waals surface area (Å²) in [6.45, 7) is 0. The van der Waals surface area contributed by atoms with Crippen LogP contribution in [0.15, 0.2) is 18.2 Å². The number of aromatic hydroxyl groups is 1. The number of carboxylic acid groups (broad SMARTS) is 1. The smallest absolute Gasteiger partial charge is 0.304 e. The van der Waals surface area contributed by atoms with Gasteiger partial charge in [0.05, 0.1) is 6.42 Å². The molecule has 0 bridgehead atoms. The minimum Gasteiger partial charge on any atom is -0.508 e. The van der Waals surface area contributed by atoms with Crippen molar-refractivity contribution in [3.63, 3.8) is 0 Å². The van der Waals surface area contributed by atoms with Crippen molar-refractivity contribution in [2.24, 2.45) is 0 Å². The van der Waals surface area contributed by atoms with Crippen LogP contribution in [0.1, 0.15) is 24.8 Å². The molecule has 15 heavy (non-hydrogen) atoms. The average molecular weight is 227 g/mol. The van der Waals surface area contributed by atoms with E-state index in [4.69, 9.17) is 16.7 Å². The Labute approximate surface area is 92.3 Å². The number of phenolic OH excluding ortho intramolecular Hbond substituents is 1. The van der Waals surface area contributed by atoms with Crippen LogP contribution in [-0.2, 0) is 10.2 Å². The molecule has 0 amide bonds. The number of aliphatic carboxylic acids is 1. The van der Waals surface area contributed by atoms with Crippen molar-refractivity contribution in [2.45, 2.75) is 24.7 Å². The first-order valence-electron chi connectivity index (χ1n) is 4.74. The van der Waals surface area contributed by atoms with Crippen molar-refractivity contribution in [1.29, 1.82) is 0 Å². The highest BCUT2D eigenvalue weighted by Crippen LogP contribution is 2.53. The van der Waals surface area contributed by atoms with Crippen LogP contribution in [-0.4, -0.2) is 16.2 Å². The predicted molar refractivity (Wildman–Crippen MR) is 56.3 cm³/mol. The molecule has 1 aliphatic rings. The Morgan fingerprint density at radius 1 is 1.47 bits per heavy atom. The van der Waals surface area contributed by atoms with Gasteiger partial charge >= 0.3 is 5.97 Å². The fourth-order valence-electron chi connectivity index (χ4n) is 1.93. The Kier molecular flexibility index (Phi) is 2.35. The SMILES string of the molecule is O=C(O)CC1(c2ccc(Cl)cc2O)CC1. The predicted octanol–water partition coefficient (Wildman–Crippen LogP) is 2.55. The average Bonchev–Trinajstić information content (AvgIpc) is 2.83. The summed E-state index contributed by atoms with van der Waals surface area (Å²) in [5.41, 5.74) is 0.342. The Bertz CT molecular complexity index is 410. The van der Waals surface area contributed by atoms with Gasteiger partial charge in [-0.1, -0.05) is 17.7 Å². The number of benzene rings is 1. The van der Waals surface area contributed by atoms with Crippen LogP contribution < -0.4 is 0 Å². The Morgan fingerprint density at radius 3 is 2.60 bits per heavy atom. The second kappa shape index (κ2) is 3.42. The van der Waals surface area contributed by atoms with E-state index in [1.165, 1.54) is 6.07 Å². The maximum atomic E-state index is 10.7. The van der Waals surface area contributed by atoms with E-state index in [1.807, 2.05) is 0 Å². The van der Waals surface area contributed by atoms with Gasteiger partial charge in [-0.05, 0) is 25.0 Å². The molecule has 0 spiro atoms. The van der Waals surface area contributed by atoms with Crippen molar-refractivity contribution in [3.05, 3.63) is 28.8 Å². The molecule has 0 unspecified atom stereocenters. The van der Waals surface area contributed by atoms with Gasteiger partial charge in [0, 0.05) is 16.0 Å². The summed E-state index contributed by atoms with van der Waals surface area (Å²) in [5.74, 6) is -0.733. The zero-order valence-electron chi connectivity index (χ0n) is 8.03. The van der Waals surface area contributed by atoms with Gasteiger partial charge in [-0.25, -0.2) is 0 Å².